The molecular formula is C15H13ClFNO3. The molecule has 0 aromatic heterocycles. The molecule has 0 radical (unpaired) electrons. The first-order chi connectivity index (χ1) is 10.0. The van der Waals surface area contributed by atoms with Crippen LogP contribution in [0.25, 0.3) is 0 Å². The van der Waals surface area contributed by atoms with Gasteiger partial charge in [0.2, 0.25) is 0 Å². The van der Waals surface area contributed by atoms with Crippen molar-refractivity contribution in [2.24, 2.45) is 0 Å². The standard InChI is InChI=1S/C15H13ClFNO3/c1-2-20-15(19)10-4-3-5-13(14(10)18)21-9-6-7-11(16)12(17)8-9/h3-8H,2,18H2,1H3. The lowest BCUT2D eigenvalue weighted by molar-refractivity contribution is 0.0527. The smallest absolute Gasteiger partial charge is 0.340 e. The Bertz CT molecular complexity index is 676. The van der Waals surface area contributed by atoms with E-state index in [0.717, 1.165) is 6.07 Å². The third kappa shape index (κ3) is 3.44. The molecule has 21 heavy (non-hydrogen) atoms. The molecule has 0 heterocycles. The fourth-order valence-corrected chi connectivity index (χ4v) is 1.80. The molecule has 2 rings (SSSR count). The highest BCUT2D eigenvalue weighted by atomic mass is 35.5. The van der Waals surface area contributed by atoms with Gasteiger partial charge in [-0.05, 0) is 31.2 Å². The molecule has 0 fully saturated rings. The SMILES string of the molecule is CCOC(=O)c1cccc(Oc2ccc(Cl)c(F)c2)c1N. The zero-order chi connectivity index (χ0) is 15.4. The highest BCUT2D eigenvalue weighted by Gasteiger charge is 2.15. The minimum atomic E-state index is -0.603. The van der Waals surface area contributed by atoms with E-state index in [1.807, 2.05) is 0 Å². The average molecular weight is 310 g/mol. The predicted octanol–water partition coefficient (Wildman–Crippen LogP) is 4.03. The Balaban J connectivity index is 2.30. The summed E-state index contributed by atoms with van der Waals surface area (Å²) >= 11 is 5.60. The van der Waals surface area contributed by atoms with Gasteiger partial charge in [0, 0.05) is 6.07 Å². The zero-order valence-corrected chi connectivity index (χ0v) is 12.0. The summed E-state index contributed by atoms with van der Waals surface area (Å²) in [5.74, 6) is -0.677. The van der Waals surface area contributed by atoms with Gasteiger partial charge < -0.3 is 15.2 Å². The van der Waals surface area contributed by atoms with Crippen molar-refractivity contribution >= 4 is 23.3 Å². The Labute approximate surface area is 126 Å². The van der Waals surface area contributed by atoms with Crippen molar-refractivity contribution in [3.63, 3.8) is 0 Å². The summed E-state index contributed by atoms with van der Waals surface area (Å²) < 4.78 is 23.8. The van der Waals surface area contributed by atoms with E-state index in [9.17, 15) is 9.18 Å². The highest BCUT2D eigenvalue weighted by molar-refractivity contribution is 6.30. The van der Waals surface area contributed by atoms with Gasteiger partial charge in [0.05, 0.1) is 22.9 Å². The van der Waals surface area contributed by atoms with Gasteiger partial charge in [-0.15, -0.1) is 0 Å². The molecule has 0 amide bonds. The molecule has 0 aliphatic rings. The largest absolute Gasteiger partial charge is 0.462 e. The molecule has 2 aromatic rings. The molecule has 0 bridgehead atoms. The summed E-state index contributed by atoms with van der Waals surface area (Å²) in [5, 5.41) is -0.00408. The summed E-state index contributed by atoms with van der Waals surface area (Å²) in [6, 6.07) is 8.72. The van der Waals surface area contributed by atoms with Crippen molar-refractivity contribution in [2.75, 3.05) is 12.3 Å². The Morgan fingerprint density at radius 3 is 2.76 bits per heavy atom. The lowest BCUT2D eigenvalue weighted by atomic mass is 10.1. The first-order valence-electron chi connectivity index (χ1n) is 6.21. The van der Waals surface area contributed by atoms with Crippen LogP contribution in [0.15, 0.2) is 36.4 Å². The van der Waals surface area contributed by atoms with E-state index >= 15 is 0 Å². The lowest BCUT2D eigenvalue weighted by Crippen LogP contribution is -2.08. The number of ether oxygens (including phenoxy) is 2. The first kappa shape index (κ1) is 15.1. The molecule has 0 saturated heterocycles. The van der Waals surface area contributed by atoms with Gasteiger partial charge >= 0.3 is 5.97 Å². The fourth-order valence-electron chi connectivity index (χ4n) is 1.69. The first-order valence-corrected chi connectivity index (χ1v) is 6.59. The van der Waals surface area contributed by atoms with Crippen LogP contribution in [0.4, 0.5) is 10.1 Å². The highest BCUT2D eigenvalue weighted by Crippen LogP contribution is 2.31. The molecule has 2 N–H and O–H groups in total. The van der Waals surface area contributed by atoms with Crippen LogP contribution in [-0.2, 0) is 4.74 Å². The fraction of sp³-hybridized carbons (Fsp3) is 0.133. The molecule has 0 aliphatic heterocycles. The monoisotopic (exact) mass is 309 g/mol. The van der Waals surface area contributed by atoms with Gasteiger partial charge in [-0.2, -0.15) is 0 Å². The van der Waals surface area contributed by atoms with E-state index in [0.29, 0.717) is 0 Å². The number of hydrogen-bond donors (Lipinski definition) is 1. The number of rotatable bonds is 4. The number of anilines is 1. The second kappa shape index (κ2) is 6.45. The number of halogens is 2. The minimum Gasteiger partial charge on any atom is -0.462 e. The quantitative estimate of drug-likeness (QED) is 0.684. The summed E-state index contributed by atoms with van der Waals surface area (Å²) in [5.41, 5.74) is 6.21. The van der Waals surface area contributed by atoms with Crippen LogP contribution in [-0.4, -0.2) is 12.6 Å². The van der Waals surface area contributed by atoms with Gasteiger partial charge in [-0.25, -0.2) is 9.18 Å². The molecule has 0 atom stereocenters. The maximum atomic E-state index is 13.4. The number of nitrogen functional groups attached to an aromatic ring is 1. The summed E-state index contributed by atoms with van der Waals surface area (Å²) in [4.78, 5) is 11.7. The van der Waals surface area contributed by atoms with E-state index < -0.39 is 11.8 Å². The number of hydrogen-bond acceptors (Lipinski definition) is 4. The summed E-state index contributed by atoms with van der Waals surface area (Å²) in [6.07, 6.45) is 0. The normalized spacial score (nSPS) is 10.2. The maximum Gasteiger partial charge on any atom is 0.340 e. The van der Waals surface area contributed by atoms with Crippen molar-refractivity contribution in [3.05, 3.63) is 52.8 Å². The molecule has 6 heteroatoms. The second-order valence-corrected chi connectivity index (χ2v) is 4.52. The third-order valence-corrected chi connectivity index (χ3v) is 2.99. The molecular weight excluding hydrogens is 297 g/mol. The number of esters is 1. The molecule has 110 valence electrons. The number of para-hydroxylation sites is 1. The van der Waals surface area contributed by atoms with Crippen LogP contribution in [0.3, 0.4) is 0 Å². The van der Waals surface area contributed by atoms with Gasteiger partial charge in [0.25, 0.3) is 0 Å². The molecule has 0 aliphatic carbocycles. The number of nitrogens with two attached hydrogens (primary N) is 1. The van der Waals surface area contributed by atoms with Gasteiger partial charge in [0.1, 0.15) is 11.6 Å². The van der Waals surface area contributed by atoms with E-state index in [2.05, 4.69) is 0 Å². The zero-order valence-electron chi connectivity index (χ0n) is 11.2. The predicted molar refractivity (Wildman–Crippen MR) is 78.3 cm³/mol. The van der Waals surface area contributed by atoms with Crippen LogP contribution in [0.5, 0.6) is 11.5 Å². The van der Waals surface area contributed by atoms with Gasteiger partial charge in [-0.1, -0.05) is 17.7 Å². The molecule has 0 spiro atoms. The maximum absolute atomic E-state index is 13.4. The van der Waals surface area contributed by atoms with Crippen LogP contribution < -0.4 is 10.5 Å². The minimum absolute atomic E-state index is 0.00408. The van der Waals surface area contributed by atoms with Crippen molar-refractivity contribution in [2.45, 2.75) is 6.92 Å². The van der Waals surface area contributed by atoms with Crippen LogP contribution >= 0.6 is 11.6 Å². The van der Waals surface area contributed by atoms with E-state index in [1.54, 1.807) is 19.1 Å². The number of carbonyl (C=O) groups is 1. The van der Waals surface area contributed by atoms with Gasteiger partial charge in [-0.3, -0.25) is 0 Å². The van der Waals surface area contributed by atoms with Crippen LogP contribution in [0.2, 0.25) is 5.02 Å². The van der Waals surface area contributed by atoms with Gasteiger partial charge in [0.15, 0.2) is 5.75 Å². The molecule has 2 aromatic carbocycles. The van der Waals surface area contributed by atoms with Crippen molar-refractivity contribution < 1.29 is 18.7 Å². The topological polar surface area (TPSA) is 61.5 Å². The Morgan fingerprint density at radius 2 is 2.10 bits per heavy atom. The Kier molecular flexibility index (Phi) is 4.65. The molecule has 4 nitrogen and oxygen atoms in total. The van der Waals surface area contributed by atoms with Crippen molar-refractivity contribution in [1.29, 1.82) is 0 Å². The molecule has 0 unspecified atom stereocenters. The van der Waals surface area contributed by atoms with Crippen LogP contribution in [0.1, 0.15) is 17.3 Å². The number of carbonyl (C=O) groups excluding carboxylic acids is 1. The van der Waals surface area contributed by atoms with Crippen molar-refractivity contribution in [1.82, 2.24) is 0 Å². The summed E-state index contributed by atoms with van der Waals surface area (Å²) in [7, 11) is 0. The summed E-state index contributed by atoms with van der Waals surface area (Å²) in [6.45, 7) is 1.94. The molecule has 0 saturated carbocycles. The van der Waals surface area contributed by atoms with E-state index in [-0.39, 0.29) is 34.4 Å². The Morgan fingerprint density at radius 1 is 1.33 bits per heavy atom. The van der Waals surface area contributed by atoms with E-state index in [1.165, 1.54) is 18.2 Å². The Hall–Kier alpha value is -2.27. The second-order valence-electron chi connectivity index (χ2n) is 4.12. The van der Waals surface area contributed by atoms with Crippen molar-refractivity contribution in [3.8, 4) is 11.5 Å². The third-order valence-electron chi connectivity index (χ3n) is 2.68. The van der Waals surface area contributed by atoms with Crippen LogP contribution in [0, 0.1) is 5.82 Å². The van der Waals surface area contributed by atoms with E-state index in [4.69, 9.17) is 26.8 Å². The average Bonchev–Trinajstić information content (AvgIpc) is 2.45. The lowest BCUT2D eigenvalue weighted by Gasteiger charge is -2.11. The number of benzene rings is 2.